The van der Waals surface area contributed by atoms with Crippen LogP contribution in [0.3, 0.4) is 0 Å². The number of amides is 1. The summed E-state index contributed by atoms with van der Waals surface area (Å²) < 4.78 is 4.97. The molecule has 2 rings (SSSR count). The lowest BCUT2D eigenvalue weighted by atomic mass is 9.77. The van der Waals surface area contributed by atoms with Crippen molar-refractivity contribution in [2.24, 2.45) is 11.3 Å². The molecule has 0 aromatic carbocycles. The summed E-state index contributed by atoms with van der Waals surface area (Å²) in [4.78, 5) is 25.1. The maximum atomic E-state index is 12.2. The first kappa shape index (κ1) is 15.6. The van der Waals surface area contributed by atoms with Crippen LogP contribution in [0.4, 0.5) is 0 Å². The van der Waals surface area contributed by atoms with E-state index in [0.29, 0.717) is 31.0 Å². The molecule has 1 aliphatic heterocycles. The van der Waals surface area contributed by atoms with Gasteiger partial charge in [-0.3, -0.25) is 4.79 Å². The number of carboxylic acids is 1. The van der Waals surface area contributed by atoms with Crippen LogP contribution < -0.4 is 0 Å². The van der Waals surface area contributed by atoms with Gasteiger partial charge in [0.1, 0.15) is 0 Å². The number of likely N-dealkylation sites (tertiary alicyclic amines) is 1. The second kappa shape index (κ2) is 5.92. The second-order valence-corrected chi connectivity index (χ2v) is 6.79. The fraction of sp³-hybridized carbons (Fsp3) is 0.625. The van der Waals surface area contributed by atoms with E-state index in [0.717, 1.165) is 12.8 Å². The van der Waals surface area contributed by atoms with Gasteiger partial charge in [0, 0.05) is 25.1 Å². The molecule has 0 radical (unpaired) electrons. The summed E-state index contributed by atoms with van der Waals surface area (Å²) in [6, 6.07) is 1.63. The van der Waals surface area contributed by atoms with Crippen LogP contribution in [0, 0.1) is 11.3 Å². The number of hydrogen-bond acceptors (Lipinski definition) is 3. The van der Waals surface area contributed by atoms with E-state index in [2.05, 4.69) is 20.8 Å². The Morgan fingerprint density at radius 3 is 2.76 bits per heavy atom. The Morgan fingerprint density at radius 1 is 1.43 bits per heavy atom. The first-order chi connectivity index (χ1) is 9.79. The molecular weight excluding hydrogens is 270 g/mol. The minimum atomic E-state index is -1.09. The van der Waals surface area contributed by atoms with E-state index in [1.165, 1.54) is 6.26 Å². The van der Waals surface area contributed by atoms with Crippen molar-refractivity contribution in [3.63, 3.8) is 0 Å². The highest BCUT2D eigenvalue weighted by Crippen LogP contribution is 2.34. The molecule has 5 heteroatoms. The average molecular weight is 293 g/mol. The van der Waals surface area contributed by atoms with Gasteiger partial charge in [0.15, 0.2) is 0 Å². The quantitative estimate of drug-likeness (QED) is 0.929. The molecular formula is C16H23NO4. The molecule has 0 bridgehead atoms. The topological polar surface area (TPSA) is 70.8 Å². The standard InChI is InChI=1S/C16H23NO4/c1-16(2,3)12-4-5-13(18)17(8-6-12)10-11-7-9-21-14(11)15(19)20/h7,9,12H,4-6,8,10H2,1-3H3,(H,19,20). The van der Waals surface area contributed by atoms with Gasteiger partial charge in [-0.2, -0.15) is 0 Å². The predicted octanol–water partition coefficient (Wildman–Crippen LogP) is 3.15. The summed E-state index contributed by atoms with van der Waals surface area (Å²) in [5.74, 6) is -0.557. The van der Waals surface area contributed by atoms with Gasteiger partial charge < -0.3 is 14.4 Å². The molecule has 1 aromatic heterocycles. The summed E-state index contributed by atoms with van der Waals surface area (Å²) in [6.07, 6.45) is 3.74. The van der Waals surface area contributed by atoms with Crippen LogP contribution in [0.25, 0.3) is 0 Å². The zero-order valence-electron chi connectivity index (χ0n) is 12.9. The predicted molar refractivity (Wildman–Crippen MR) is 77.9 cm³/mol. The summed E-state index contributed by atoms with van der Waals surface area (Å²) in [5.41, 5.74) is 0.753. The molecule has 0 aliphatic carbocycles. The van der Waals surface area contributed by atoms with Crippen molar-refractivity contribution in [3.05, 3.63) is 23.7 Å². The van der Waals surface area contributed by atoms with Gasteiger partial charge in [0.05, 0.1) is 6.26 Å². The Labute approximate surface area is 124 Å². The largest absolute Gasteiger partial charge is 0.475 e. The zero-order valence-corrected chi connectivity index (χ0v) is 12.9. The normalized spacial score (nSPS) is 20.4. The number of nitrogens with zero attached hydrogens (tertiary/aromatic N) is 1. The minimum Gasteiger partial charge on any atom is -0.475 e. The molecule has 5 nitrogen and oxygen atoms in total. The van der Waals surface area contributed by atoms with Crippen LogP contribution >= 0.6 is 0 Å². The smallest absolute Gasteiger partial charge is 0.372 e. The summed E-state index contributed by atoms with van der Waals surface area (Å²) in [6.45, 7) is 7.60. The van der Waals surface area contributed by atoms with Crippen LogP contribution in [0.2, 0.25) is 0 Å². The third-order valence-corrected chi connectivity index (χ3v) is 4.33. The second-order valence-electron chi connectivity index (χ2n) is 6.79. The van der Waals surface area contributed by atoms with Gasteiger partial charge in [0.25, 0.3) is 0 Å². The molecule has 2 heterocycles. The number of rotatable bonds is 3. The zero-order chi connectivity index (χ0) is 15.6. The Hall–Kier alpha value is -1.78. The van der Waals surface area contributed by atoms with Gasteiger partial charge in [-0.25, -0.2) is 4.79 Å². The molecule has 1 atom stereocenters. The molecule has 1 aliphatic rings. The summed E-state index contributed by atoms with van der Waals surface area (Å²) in [5, 5.41) is 9.06. The van der Waals surface area contributed by atoms with Crippen molar-refractivity contribution in [3.8, 4) is 0 Å². The fourth-order valence-electron chi connectivity index (χ4n) is 2.92. The molecule has 116 valence electrons. The Bertz CT molecular complexity index is 527. The van der Waals surface area contributed by atoms with E-state index >= 15 is 0 Å². The van der Waals surface area contributed by atoms with Crippen molar-refractivity contribution in [1.29, 1.82) is 0 Å². The maximum Gasteiger partial charge on any atom is 0.372 e. The molecule has 1 fully saturated rings. The first-order valence-electron chi connectivity index (χ1n) is 7.36. The lowest BCUT2D eigenvalue weighted by molar-refractivity contribution is -0.131. The lowest BCUT2D eigenvalue weighted by Gasteiger charge is -2.29. The van der Waals surface area contributed by atoms with Crippen molar-refractivity contribution in [2.75, 3.05) is 6.54 Å². The highest BCUT2D eigenvalue weighted by Gasteiger charge is 2.30. The average Bonchev–Trinajstić information content (AvgIpc) is 2.75. The van der Waals surface area contributed by atoms with Crippen molar-refractivity contribution in [1.82, 2.24) is 4.90 Å². The number of carbonyl (C=O) groups is 2. The Balaban J connectivity index is 2.08. The fourth-order valence-corrected chi connectivity index (χ4v) is 2.92. The van der Waals surface area contributed by atoms with Gasteiger partial charge in [-0.1, -0.05) is 20.8 Å². The van der Waals surface area contributed by atoms with E-state index < -0.39 is 5.97 Å². The lowest BCUT2D eigenvalue weighted by Crippen LogP contribution is -2.30. The molecule has 1 amide bonds. The summed E-state index contributed by atoms with van der Waals surface area (Å²) >= 11 is 0. The molecule has 1 aromatic rings. The highest BCUT2D eigenvalue weighted by molar-refractivity contribution is 5.86. The van der Waals surface area contributed by atoms with Crippen LogP contribution in [-0.4, -0.2) is 28.4 Å². The highest BCUT2D eigenvalue weighted by atomic mass is 16.4. The van der Waals surface area contributed by atoms with E-state index in [9.17, 15) is 9.59 Å². The van der Waals surface area contributed by atoms with Crippen LogP contribution in [0.5, 0.6) is 0 Å². The van der Waals surface area contributed by atoms with E-state index in [1.807, 2.05) is 0 Å². The van der Waals surface area contributed by atoms with Gasteiger partial charge in [-0.15, -0.1) is 0 Å². The third-order valence-electron chi connectivity index (χ3n) is 4.33. The Kier molecular flexibility index (Phi) is 4.40. The van der Waals surface area contributed by atoms with Crippen LogP contribution in [0.15, 0.2) is 16.7 Å². The number of hydrogen-bond donors (Lipinski definition) is 1. The van der Waals surface area contributed by atoms with Gasteiger partial charge in [0.2, 0.25) is 11.7 Å². The molecule has 1 N–H and O–H groups in total. The number of carbonyl (C=O) groups excluding carboxylic acids is 1. The number of carboxylic acid groups (broad SMARTS) is 1. The Morgan fingerprint density at radius 2 is 2.14 bits per heavy atom. The maximum absolute atomic E-state index is 12.2. The number of aromatic carboxylic acids is 1. The van der Waals surface area contributed by atoms with Crippen LogP contribution in [-0.2, 0) is 11.3 Å². The molecule has 1 saturated heterocycles. The molecule has 21 heavy (non-hydrogen) atoms. The third kappa shape index (κ3) is 3.65. The summed E-state index contributed by atoms with van der Waals surface area (Å²) in [7, 11) is 0. The van der Waals surface area contributed by atoms with Gasteiger partial charge in [-0.05, 0) is 30.2 Å². The number of furan rings is 1. The van der Waals surface area contributed by atoms with E-state index in [-0.39, 0.29) is 17.1 Å². The van der Waals surface area contributed by atoms with Crippen molar-refractivity contribution < 1.29 is 19.1 Å². The van der Waals surface area contributed by atoms with Crippen molar-refractivity contribution in [2.45, 2.75) is 46.6 Å². The van der Waals surface area contributed by atoms with E-state index in [4.69, 9.17) is 9.52 Å². The van der Waals surface area contributed by atoms with Crippen LogP contribution in [0.1, 0.15) is 56.2 Å². The van der Waals surface area contributed by atoms with E-state index in [1.54, 1.807) is 11.0 Å². The minimum absolute atomic E-state index is 0.0700. The molecule has 0 spiro atoms. The monoisotopic (exact) mass is 293 g/mol. The first-order valence-corrected chi connectivity index (χ1v) is 7.36. The SMILES string of the molecule is CC(C)(C)C1CCC(=O)N(Cc2ccoc2C(=O)O)CC1. The van der Waals surface area contributed by atoms with Gasteiger partial charge >= 0.3 is 5.97 Å². The van der Waals surface area contributed by atoms with Crippen molar-refractivity contribution >= 4 is 11.9 Å². The molecule has 0 saturated carbocycles. The molecule has 1 unspecified atom stereocenters.